The van der Waals surface area contributed by atoms with Crippen LogP contribution in [-0.2, 0) is 14.6 Å². The van der Waals surface area contributed by atoms with Crippen LogP contribution in [0.5, 0.6) is 11.5 Å². The first kappa shape index (κ1) is 20.4. The van der Waals surface area contributed by atoms with Gasteiger partial charge in [0.2, 0.25) is 0 Å². The summed E-state index contributed by atoms with van der Waals surface area (Å²) in [5, 5.41) is 18.2. The Bertz CT molecular complexity index is 1070. The number of methoxy groups -OCH3 is 1. The molecule has 26 heavy (non-hydrogen) atoms. The van der Waals surface area contributed by atoms with Gasteiger partial charge in [-0.05, 0) is 12.1 Å². The van der Waals surface area contributed by atoms with Crippen LogP contribution >= 0.6 is 0 Å². The van der Waals surface area contributed by atoms with Crippen LogP contribution in [0.3, 0.4) is 0 Å². The minimum Gasteiger partial charge on any atom is -0.497 e. The molecule has 0 fully saturated rings. The van der Waals surface area contributed by atoms with Crippen LogP contribution in [-0.4, -0.2) is 33.3 Å². The van der Waals surface area contributed by atoms with E-state index in [0.29, 0.717) is 0 Å². The maximum absolute atomic E-state index is 10.5. The van der Waals surface area contributed by atoms with Gasteiger partial charge in [-0.1, -0.05) is 0 Å². The van der Waals surface area contributed by atoms with Crippen molar-refractivity contribution in [2.24, 2.45) is 0 Å². The molecule has 0 radical (unpaired) electrons. The highest BCUT2D eigenvalue weighted by molar-refractivity contribution is 7.80. The second-order valence-corrected chi connectivity index (χ2v) is 5.38. The Morgan fingerprint density at radius 2 is 1.62 bits per heavy atom. The van der Waals surface area contributed by atoms with Crippen molar-refractivity contribution in [3.8, 4) is 23.6 Å². The van der Waals surface area contributed by atoms with Gasteiger partial charge in [0.15, 0.2) is 0 Å². The summed E-state index contributed by atoms with van der Waals surface area (Å²) in [6, 6.07) is 5.85. The normalized spacial score (nSPS) is 12.5. The standard InChI is InChI=1S/C15H10N4O6S/c1-18-12(8-16)10-7-15(24-4-5-25-26(20,21)22)11(6-14(10)23-3)13(9-17)19-2/h6-7H,4-5H2,3H3,(H,20,21,22). The zero-order chi connectivity index (χ0) is 19.7. The molecule has 132 valence electrons. The van der Waals surface area contributed by atoms with E-state index in [-0.39, 0.29) is 39.9 Å². The van der Waals surface area contributed by atoms with Crippen LogP contribution in [0.4, 0.5) is 0 Å². The van der Waals surface area contributed by atoms with Crippen LogP contribution in [0.25, 0.3) is 21.1 Å². The lowest BCUT2D eigenvalue weighted by Gasteiger charge is -2.10. The number of benzene rings is 1. The van der Waals surface area contributed by atoms with Crippen molar-refractivity contribution < 1.29 is 26.6 Å². The zero-order valence-corrected chi connectivity index (χ0v) is 14.1. The highest BCUT2D eigenvalue weighted by Crippen LogP contribution is 2.12. The molecule has 1 rings (SSSR count). The van der Waals surface area contributed by atoms with Gasteiger partial charge in [0.05, 0.1) is 32.4 Å². The lowest BCUT2D eigenvalue weighted by Crippen LogP contribution is -2.21. The molecule has 1 aromatic rings. The molecule has 0 heterocycles. The molecule has 0 saturated carbocycles. The molecule has 0 amide bonds. The number of rotatable bonds is 6. The minimum absolute atomic E-state index is 0.0252. The second kappa shape index (κ2) is 9.03. The van der Waals surface area contributed by atoms with Crippen molar-refractivity contribution in [1.29, 1.82) is 10.5 Å². The fourth-order valence-electron chi connectivity index (χ4n) is 1.80. The Morgan fingerprint density at radius 1 is 1.12 bits per heavy atom. The van der Waals surface area contributed by atoms with E-state index in [1.165, 1.54) is 19.2 Å². The Morgan fingerprint density at radius 3 is 2.04 bits per heavy atom. The van der Waals surface area contributed by atoms with Crippen LogP contribution in [0.2, 0.25) is 0 Å². The monoisotopic (exact) mass is 374 g/mol. The van der Waals surface area contributed by atoms with Gasteiger partial charge in [-0.15, -0.1) is 0 Å². The van der Waals surface area contributed by atoms with E-state index in [9.17, 15) is 8.42 Å². The number of nitrogens with zero attached hydrogens (tertiary/aromatic N) is 4. The third-order valence-corrected chi connectivity index (χ3v) is 3.29. The van der Waals surface area contributed by atoms with E-state index in [4.69, 9.17) is 37.7 Å². The number of hydrogen-bond acceptors (Lipinski definition) is 7. The molecule has 0 aliphatic heterocycles. The highest BCUT2D eigenvalue weighted by atomic mass is 32.3. The summed E-state index contributed by atoms with van der Waals surface area (Å²) in [4.78, 5) is 6.14. The summed E-state index contributed by atoms with van der Waals surface area (Å²) >= 11 is 0. The van der Waals surface area contributed by atoms with Crippen LogP contribution in [0.15, 0.2) is 12.1 Å². The number of hydrogen-bond donors (Lipinski definition) is 1. The topological polar surface area (TPSA) is 138 Å². The second-order valence-electron chi connectivity index (χ2n) is 4.29. The van der Waals surface area contributed by atoms with E-state index in [0.717, 1.165) is 0 Å². The molecule has 0 bridgehead atoms. The van der Waals surface area contributed by atoms with Gasteiger partial charge in [0.1, 0.15) is 24.7 Å². The van der Waals surface area contributed by atoms with Crippen LogP contribution in [0, 0.1) is 35.8 Å². The molecule has 0 atom stereocenters. The average Bonchev–Trinajstić information content (AvgIpc) is 2.61. The Kier molecular flexibility index (Phi) is 7.09. The Balaban J connectivity index is 3.59. The largest absolute Gasteiger partial charge is 0.497 e. The molecular formula is C15H10N4O6S. The molecule has 0 aliphatic rings. The summed E-state index contributed by atoms with van der Waals surface area (Å²) in [5.74, 6) is 0.00849. The fraction of sp³-hybridized carbons (Fsp3) is 0.200. The van der Waals surface area contributed by atoms with Crippen molar-refractivity contribution in [3.63, 3.8) is 0 Å². The first-order valence-corrected chi connectivity index (χ1v) is 7.94. The van der Waals surface area contributed by atoms with Crippen LogP contribution in [0.1, 0.15) is 0 Å². The van der Waals surface area contributed by atoms with E-state index >= 15 is 0 Å². The summed E-state index contributed by atoms with van der Waals surface area (Å²) in [6.45, 7) is 13.2. The van der Waals surface area contributed by atoms with E-state index in [2.05, 4.69) is 13.9 Å². The van der Waals surface area contributed by atoms with Gasteiger partial charge in [-0.25, -0.2) is 24.4 Å². The molecule has 0 unspecified atom stereocenters. The van der Waals surface area contributed by atoms with Gasteiger partial charge in [-0.2, -0.15) is 8.42 Å². The summed E-state index contributed by atoms with van der Waals surface area (Å²) in [6.07, 6.45) is 0. The minimum atomic E-state index is -4.65. The van der Waals surface area contributed by atoms with Crippen molar-refractivity contribution in [2.45, 2.75) is 0 Å². The quantitative estimate of drug-likeness (QED) is 0.417. The number of nitriles is 2. The van der Waals surface area contributed by atoms with Crippen molar-refractivity contribution >= 4 is 21.8 Å². The zero-order valence-electron chi connectivity index (χ0n) is 13.3. The molecule has 11 heteroatoms. The molecule has 1 aromatic carbocycles. The van der Waals surface area contributed by atoms with Crippen molar-refractivity contribution in [3.05, 3.63) is 45.4 Å². The first-order chi connectivity index (χ1) is 12.3. The molecule has 1 N–H and O–H groups in total. The average molecular weight is 374 g/mol. The van der Waals surface area contributed by atoms with Crippen molar-refractivity contribution in [1.82, 2.24) is 0 Å². The van der Waals surface area contributed by atoms with Gasteiger partial charge < -0.3 is 9.47 Å². The van der Waals surface area contributed by atoms with Crippen LogP contribution < -0.4 is 19.9 Å². The van der Waals surface area contributed by atoms with Gasteiger partial charge in [-0.3, -0.25) is 4.55 Å². The SMILES string of the molecule is [C-]#[N+]C(C#N)=c1cc(OCCOS(=O)(=O)O)c(=C(C#N)[N+]#[C-])cc1OC. The predicted octanol–water partition coefficient (Wildman–Crippen LogP) is -0.00446. The summed E-state index contributed by atoms with van der Waals surface area (Å²) in [7, 11) is -3.36. The molecule has 10 nitrogen and oxygen atoms in total. The van der Waals surface area contributed by atoms with E-state index in [1.54, 1.807) is 12.1 Å². The highest BCUT2D eigenvalue weighted by Gasteiger charge is 2.11. The lowest BCUT2D eigenvalue weighted by molar-refractivity contribution is 0.200. The molecule has 0 aliphatic carbocycles. The van der Waals surface area contributed by atoms with Gasteiger partial charge in [0.25, 0.3) is 11.4 Å². The summed E-state index contributed by atoms with van der Waals surface area (Å²) < 4.78 is 44.0. The fourth-order valence-corrected chi connectivity index (χ4v) is 2.08. The smallest absolute Gasteiger partial charge is 0.397 e. The Labute approximate surface area is 149 Å². The Hall–Kier alpha value is -3.61. The maximum atomic E-state index is 10.5. The maximum Gasteiger partial charge on any atom is 0.397 e. The molecule has 0 spiro atoms. The van der Waals surface area contributed by atoms with Gasteiger partial charge in [0, 0.05) is 10.4 Å². The summed E-state index contributed by atoms with van der Waals surface area (Å²) in [5.41, 5.74) is -0.657. The molecule has 0 aromatic heterocycles. The van der Waals surface area contributed by atoms with Crippen molar-refractivity contribution in [2.75, 3.05) is 20.3 Å². The predicted molar refractivity (Wildman–Crippen MR) is 86.5 cm³/mol. The first-order valence-electron chi connectivity index (χ1n) is 6.57. The third kappa shape index (κ3) is 5.20. The van der Waals surface area contributed by atoms with E-state index in [1.807, 2.05) is 0 Å². The third-order valence-electron chi connectivity index (χ3n) is 2.82. The number of ether oxygens (including phenoxy) is 2. The van der Waals surface area contributed by atoms with E-state index < -0.39 is 17.0 Å². The molecular weight excluding hydrogens is 364 g/mol. The lowest BCUT2D eigenvalue weighted by atomic mass is 10.1. The van der Waals surface area contributed by atoms with Gasteiger partial charge >= 0.3 is 10.4 Å². The molecule has 0 saturated heterocycles.